The maximum absolute atomic E-state index is 10.9. The summed E-state index contributed by atoms with van der Waals surface area (Å²) in [6.07, 6.45) is 1.85. The molecule has 0 fully saturated rings. The van der Waals surface area contributed by atoms with Gasteiger partial charge in [-0.25, -0.2) is 0 Å². The molecule has 4 heteroatoms. The third kappa shape index (κ3) is 3.07. The Morgan fingerprint density at radius 3 is 2.50 bits per heavy atom. The highest BCUT2D eigenvalue weighted by molar-refractivity contribution is 5.93. The SMILES string of the molecule is Cc1ccc(CNc2ccc(C(N)=O)cc2)cn1. The molecule has 92 valence electrons. The second kappa shape index (κ2) is 5.31. The lowest BCUT2D eigenvalue weighted by Crippen LogP contribution is -2.10. The molecule has 3 N–H and O–H groups in total. The van der Waals surface area contributed by atoms with Crippen molar-refractivity contribution in [1.82, 2.24) is 4.98 Å². The molecule has 0 saturated carbocycles. The number of amides is 1. The number of carbonyl (C=O) groups is 1. The number of hydrogen-bond donors (Lipinski definition) is 2. The largest absolute Gasteiger partial charge is 0.381 e. The van der Waals surface area contributed by atoms with Crippen LogP contribution in [0.1, 0.15) is 21.6 Å². The second-order valence-corrected chi connectivity index (χ2v) is 4.10. The van der Waals surface area contributed by atoms with Gasteiger partial charge in [0.2, 0.25) is 5.91 Å². The van der Waals surface area contributed by atoms with Crippen molar-refractivity contribution < 1.29 is 4.79 Å². The number of aromatic nitrogens is 1. The number of nitrogens with zero attached hydrogens (tertiary/aromatic N) is 1. The molecule has 1 heterocycles. The Bertz CT molecular complexity index is 532. The van der Waals surface area contributed by atoms with Gasteiger partial charge >= 0.3 is 0 Å². The standard InChI is InChI=1S/C14H15N3O/c1-10-2-3-11(8-16-10)9-17-13-6-4-12(5-7-13)14(15)18/h2-8,17H,9H2,1H3,(H2,15,18). The molecule has 0 spiro atoms. The minimum atomic E-state index is -0.413. The molecule has 0 aliphatic carbocycles. The van der Waals surface area contributed by atoms with Crippen molar-refractivity contribution in [3.63, 3.8) is 0 Å². The van der Waals surface area contributed by atoms with E-state index < -0.39 is 5.91 Å². The van der Waals surface area contributed by atoms with Gasteiger partial charge in [0.25, 0.3) is 0 Å². The van der Waals surface area contributed by atoms with E-state index in [1.807, 2.05) is 37.4 Å². The fraction of sp³-hybridized carbons (Fsp3) is 0.143. The van der Waals surface area contributed by atoms with Crippen LogP contribution in [0.5, 0.6) is 0 Å². The second-order valence-electron chi connectivity index (χ2n) is 4.10. The zero-order chi connectivity index (χ0) is 13.0. The molecule has 1 aromatic heterocycles. The van der Waals surface area contributed by atoms with E-state index >= 15 is 0 Å². The van der Waals surface area contributed by atoms with E-state index in [2.05, 4.69) is 10.3 Å². The zero-order valence-electron chi connectivity index (χ0n) is 10.2. The van der Waals surface area contributed by atoms with Crippen LogP contribution < -0.4 is 11.1 Å². The molecule has 0 aliphatic heterocycles. The Hall–Kier alpha value is -2.36. The quantitative estimate of drug-likeness (QED) is 0.861. The summed E-state index contributed by atoms with van der Waals surface area (Å²) in [4.78, 5) is 15.1. The van der Waals surface area contributed by atoms with Crippen molar-refractivity contribution in [2.24, 2.45) is 5.73 Å². The van der Waals surface area contributed by atoms with E-state index in [1.54, 1.807) is 12.1 Å². The zero-order valence-corrected chi connectivity index (χ0v) is 10.2. The van der Waals surface area contributed by atoms with Crippen molar-refractivity contribution >= 4 is 11.6 Å². The lowest BCUT2D eigenvalue weighted by molar-refractivity contribution is 0.100. The van der Waals surface area contributed by atoms with Gasteiger partial charge < -0.3 is 11.1 Å². The third-order valence-electron chi connectivity index (χ3n) is 2.64. The normalized spacial score (nSPS) is 10.1. The van der Waals surface area contributed by atoms with Gasteiger partial charge in [0.05, 0.1) is 0 Å². The number of carbonyl (C=O) groups excluding carboxylic acids is 1. The highest BCUT2D eigenvalue weighted by atomic mass is 16.1. The van der Waals surface area contributed by atoms with Crippen molar-refractivity contribution in [3.8, 4) is 0 Å². The topological polar surface area (TPSA) is 68.0 Å². The van der Waals surface area contributed by atoms with Crippen LogP contribution in [-0.4, -0.2) is 10.9 Å². The minimum absolute atomic E-state index is 0.413. The number of rotatable bonds is 4. The van der Waals surface area contributed by atoms with Gasteiger partial charge in [-0.2, -0.15) is 0 Å². The number of hydrogen-bond acceptors (Lipinski definition) is 3. The Morgan fingerprint density at radius 1 is 1.22 bits per heavy atom. The number of pyridine rings is 1. The minimum Gasteiger partial charge on any atom is -0.381 e. The molecule has 0 radical (unpaired) electrons. The van der Waals surface area contributed by atoms with Crippen molar-refractivity contribution in [2.75, 3.05) is 5.32 Å². The first-order valence-corrected chi connectivity index (χ1v) is 5.70. The molecule has 4 nitrogen and oxygen atoms in total. The summed E-state index contributed by atoms with van der Waals surface area (Å²) in [5, 5.41) is 3.25. The van der Waals surface area contributed by atoms with Crippen LogP contribution in [0.15, 0.2) is 42.6 Å². The average Bonchev–Trinajstić information content (AvgIpc) is 2.38. The monoisotopic (exact) mass is 241 g/mol. The van der Waals surface area contributed by atoms with E-state index in [0.29, 0.717) is 12.1 Å². The number of anilines is 1. The summed E-state index contributed by atoms with van der Waals surface area (Å²) in [5.74, 6) is -0.413. The summed E-state index contributed by atoms with van der Waals surface area (Å²) in [6, 6.07) is 11.1. The van der Waals surface area contributed by atoms with Crippen LogP contribution in [0.25, 0.3) is 0 Å². The summed E-state index contributed by atoms with van der Waals surface area (Å²) >= 11 is 0. The third-order valence-corrected chi connectivity index (χ3v) is 2.64. The van der Waals surface area contributed by atoms with E-state index in [1.165, 1.54) is 0 Å². The van der Waals surface area contributed by atoms with Gasteiger partial charge in [0.1, 0.15) is 0 Å². The van der Waals surface area contributed by atoms with Gasteiger partial charge in [0, 0.05) is 29.7 Å². The Kier molecular flexibility index (Phi) is 3.57. The summed E-state index contributed by atoms with van der Waals surface area (Å²) in [5.41, 5.74) is 8.75. The molecule has 0 saturated heterocycles. The maximum atomic E-state index is 10.9. The van der Waals surface area contributed by atoms with Crippen molar-refractivity contribution in [2.45, 2.75) is 13.5 Å². The first-order valence-electron chi connectivity index (χ1n) is 5.70. The lowest BCUT2D eigenvalue weighted by Gasteiger charge is -2.06. The van der Waals surface area contributed by atoms with Crippen LogP contribution in [0.2, 0.25) is 0 Å². The molecule has 1 amide bonds. The van der Waals surface area contributed by atoms with Gasteiger partial charge in [-0.1, -0.05) is 6.07 Å². The molecule has 0 atom stereocenters. The van der Waals surface area contributed by atoms with Crippen LogP contribution in [0.3, 0.4) is 0 Å². The highest BCUT2D eigenvalue weighted by Gasteiger charge is 1.99. The van der Waals surface area contributed by atoms with Gasteiger partial charge in [-0.3, -0.25) is 9.78 Å². The number of nitrogens with two attached hydrogens (primary N) is 1. The van der Waals surface area contributed by atoms with Crippen molar-refractivity contribution in [1.29, 1.82) is 0 Å². The lowest BCUT2D eigenvalue weighted by atomic mass is 10.2. The first kappa shape index (κ1) is 12.1. The number of primary amides is 1. The van der Waals surface area contributed by atoms with Crippen LogP contribution in [0, 0.1) is 6.92 Å². The Labute approximate surface area is 106 Å². The smallest absolute Gasteiger partial charge is 0.248 e. The van der Waals surface area contributed by atoms with E-state index in [0.717, 1.165) is 16.9 Å². The number of aryl methyl sites for hydroxylation is 1. The summed E-state index contributed by atoms with van der Waals surface area (Å²) in [6.45, 7) is 2.66. The number of nitrogens with one attached hydrogen (secondary N) is 1. The molecule has 18 heavy (non-hydrogen) atoms. The number of benzene rings is 1. The predicted octanol–water partition coefficient (Wildman–Crippen LogP) is 2.10. The predicted molar refractivity (Wildman–Crippen MR) is 71.3 cm³/mol. The molecule has 2 rings (SSSR count). The van der Waals surface area contributed by atoms with Gasteiger partial charge in [0.15, 0.2) is 0 Å². The van der Waals surface area contributed by atoms with Gasteiger partial charge in [-0.05, 0) is 42.8 Å². The molecular formula is C14H15N3O. The molecule has 0 bridgehead atoms. The van der Waals surface area contributed by atoms with Gasteiger partial charge in [-0.15, -0.1) is 0 Å². The average molecular weight is 241 g/mol. The van der Waals surface area contributed by atoms with Crippen molar-refractivity contribution in [3.05, 3.63) is 59.4 Å². The molecule has 0 aliphatic rings. The Morgan fingerprint density at radius 2 is 1.94 bits per heavy atom. The summed E-state index contributed by atoms with van der Waals surface area (Å²) < 4.78 is 0. The van der Waals surface area contributed by atoms with E-state index in [9.17, 15) is 4.79 Å². The van der Waals surface area contributed by atoms with Crippen LogP contribution in [-0.2, 0) is 6.54 Å². The van der Waals surface area contributed by atoms with Crippen LogP contribution in [0.4, 0.5) is 5.69 Å². The summed E-state index contributed by atoms with van der Waals surface area (Å²) in [7, 11) is 0. The molecule has 0 unspecified atom stereocenters. The molecule has 1 aromatic carbocycles. The highest BCUT2D eigenvalue weighted by Crippen LogP contribution is 2.10. The maximum Gasteiger partial charge on any atom is 0.248 e. The first-order chi connectivity index (χ1) is 8.65. The fourth-order valence-corrected chi connectivity index (χ4v) is 1.56. The van der Waals surface area contributed by atoms with E-state index in [4.69, 9.17) is 5.73 Å². The van der Waals surface area contributed by atoms with Crippen LogP contribution >= 0.6 is 0 Å². The fourth-order valence-electron chi connectivity index (χ4n) is 1.56. The Balaban J connectivity index is 1.97. The molecular weight excluding hydrogens is 226 g/mol. The van der Waals surface area contributed by atoms with E-state index in [-0.39, 0.29) is 0 Å². The molecule has 2 aromatic rings.